The SMILES string of the molecule is Cc1cc2c(c(OC3CC(n4ccc5c(C)ncnc54)C(O)C3O)n1)CNCC2. The fourth-order valence-electron chi connectivity index (χ4n) is 4.55. The van der Waals surface area contributed by atoms with E-state index in [1.807, 2.05) is 30.7 Å². The topological polar surface area (TPSA) is 105 Å². The summed E-state index contributed by atoms with van der Waals surface area (Å²) in [4.78, 5) is 13.2. The summed E-state index contributed by atoms with van der Waals surface area (Å²) in [6, 6.07) is 3.71. The predicted octanol–water partition coefficient (Wildman–Crippen LogP) is 1.20. The monoisotopic (exact) mass is 395 g/mol. The van der Waals surface area contributed by atoms with Gasteiger partial charge >= 0.3 is 0 Å². The van der Waals surface area contributed by atoms with Crippen LogP contribution in [0.25, 0.3) is 11.0 Å². The van der Waals surface area contributed by atoms with Crippen LogP contribution in [0.5, 0.6) is 5.88 Å². The van der Waals surface area contributed by atoms with Crippen LogP contribution in [0.15, 0.2) is 24.7 Å². The van der Waals surface area contributed by atoms with E-state index >= 15 is 0 Å². The van der Waals surface area contributed by atoms with E-state index in [1.54, 1.807) is 0 Å². The molecule has 8 heteroatoms. The van der Waals surface area contributed by atoms with Gasteiger partial charge in [0.15, 0.2) is 0 Å². The maximum Gasteiger partial charge on any atom is 0.218 e. The Bertz CT molecular complexity index is 1070. The molecule has 8 nitrogen and oxygen atoms in total. The fourth-order valence-corrected chi connectivity index (χ4v) is 4.55. The number of pyridine rings is 1. The molecule has 0 amide bonds. The summed E-state index contributed by atoms with van der Waals surface area (Å²) in [6.45, 7) is 5.52. The molecule has 0 spiro atoms. The molecule has 29 heavy (non-hydrogen) atoms. The Morgan fingerprint density at radius 1 is 1.21 bits per heavy atom. The van der Waals surface area contributed by atoms with Gasteiger partial charge in [0.25, 0.3) is 0 Å². The van der Waals surface area contributed by atoms with Gasteiger partial charge in [-0.1, -0.05) is 0 Å². The van der Waals surface area contributed by atoms with Crippen molar-refractivity contribution in [3.63, 3.8) is 0 Å². The third kappa shape index (κ3) is 3.08. The van der Waals surface area contributed by atoms with E-state index < -0.39 is 18.3 Å². The van der Waals surface area contributed by atoms with Gasteiger partial charge in [-0.25, -0.2) is 15.0 Å². The lowest BCUT2D eigenvalue weighted by Gasteiger charge is -2.24. The summed E-state index contributed by atoms with van der Waals surface area (Å²) in [5, 5.41) is 25.8. The number of nitrogens with zero attached hydrogens (tertiary/aromatic N) is 4. The molecule has 1 aliphatic carbocycles. The number of fused-ring (bicyclic) bond motifs is 2. The van der Waals surface area contributed by atoms with Crippen molar-refractivity contribution in [3.05, 3.63) is 47.2 Å². The van der Waals surface area contributed by atoms with Crippen molar-refractivity contribution in [1.29, 1.82) is 0 Å². The van der Waals surface area contributed by atoms with Crippen molar-refractivity contribution in [1.82, 2.24) is 24.8 Å². The van der Waals surface area contributed by atoms with Gasteiger partial charge in [0, 0.05) is 35.8 Å². The molecule has 3 aromatic rings. The number of hydrogen-bond acceptors (Lipinski definition) is 7. The van der Waals surface area contributed by atoms with Crippen molar-refractivity contribution in [2.45, 2.75) is 57.6 Å². The van der Waals surface area contributed by atoms with Gasteiger partial charge in [0.2, 0.25) is 5.88 Å². The highest BCUT2D eigenvalue weighted by Gasteiger charge is 2.45. The molecule has 0 radical (unpaired) electrons. The summed E-state index contributed by atoms with van der Waals surface area (Å²) in [5.41, 5.74) is 4.82. The summed E-state index contributed by atoms with van der Waals surface area (Å²) in [5.74, 6) is 0.555. The lowest BCUT2D eigenvalue weighted by molar-refractivity contribution is -0.0178. The van der Waals surface area contributed by atoms with Gasteiger partial charge in [-0.2, -0.15) is 0 Å². The number of rotatable bonds is 3. The average molecular weight is 395 g/mol. The molecule has 0 saturated heterocycles. The predicted molar refractivity (Wildman–Crippen MR) is 107 cm³/mol. The van der Waals surface area contributed by atoms with E-state index in [0.717, 1.165) is 41.0 Å². The first kappa shape index (κ1) is 18.5. The summed E-state index contributed by atoms with van der Waals surface area (Å²) < 4.78 is 8.11. The Morgan fingerprint density at radius 3 is 2.93 bits per heavy atom. The van der Waals surface area contributed by atoms with Crippen molar-refractivity contribution < 1.29 is 14.9 Å². The third-order valence-electron chi connectivity index (χ3n) is 6.11. The van der Waals surface area contributed by atoms with Crippen LogP contribution in [0.3, 0.4) is 0 Å². The van der Waals surface area contributed by atoms with Crippen LogP contribution < -0.4 is 10.1 Å². The molecule has 1 fully saturated rings. The van der Waals surface area contributed by atoms with Gasteiger partial charge in [-0.3, -0.25) is 0 Å². The van der Waals surface area contributed by atoms with Crippen molar-refractivity contribution in [2.75, 3.05) is 6.54 Å². The average Bonchev–Trinajstić information content (AvgIpc) is 3.25. The molecule has 1 saturated carbocycles. The lowest BCUT2D eigenvalue weighted by Crippen LogP contribution is -2.35. The molecule has 1 aliphatic heterocycles. The van der Waals surface area contributed by atoms with Crippen LogP contribution in [-0.4, -0.2) is 54.6 Å². The van der Waals surface area contributed by atoms with Crippen LogP contribution >= 0.6 is 0 Å². The number of hydrogen-bond donors (Lipinski definition) is 3. The molecule has 2 aliphatic rings. The maximum absolute atomic E-state index is 10.8. The number of ether oxygens (including phenoxy) is 1. The number of aliphatic hydroxyl groups excluding tert-OH is 2. The lowest BCUT2D eigenvalue weighted by atomic mass is 10.0. The third-order valence-corrected chi connectivity index (χ3v) is 6.11. The van der Waals surface area contributed by atoms with E-state index in [0.29, 0.717) is 18.8 Å². The molecule has 4 unspecified atom stereocenters. The minimum absolute atomic E-state index is 0.333. The molecule has 0 bridgehead atoms. The van der Waals surface area contributed by atoms with Gasteiger partial charge in [0.05, 0.1) is 11.7 Å². The highest BCUT2D eigenvalue weighted by atomic mass is 16.5. The van der Waals surface area contributed by atoms with Crippen LogP contribution in [0.2, 0.25) is 0 Å². The second-order valence-corrected chi connectivity index (χ2v) is 7.99. The van der Waals surface area contributed by atoms with E-state index in [1.165, 1.54) is 11.9 Å². The maximum atomic E-state index is 10.8. The van der Waals surface area contributed by atoms with Gasteiger partial charge in [-0.05, 0) is 44.5 Å². The Labute approximate surface area is 168 Å². The van der Waals surface area contributed by atoms with Gasteiger partial charge in [0.1, 0.15) is 30.3 Å². The quantitative estimate of drug-likeness (QED) is 0.612. The summed E-state index contributed by atoms with van der Waals surface area (Å²) in [7, 11) is 0. The van der Waals surface area contributed by atoms with E-state index in [9.17, 15) is 10.2 Å². The summed E-state index contributed by atoms with van der Waals surface area (Å²) in [6.07, 6.45) is 2.31. The zero-order valence-electron chi connectivity index (χ0n) is 16.5. The van der Waals surface area contributed by atoms with Crippen LogP contribution in [0.4, 0.5) is 0 Å². The number of aromatic nitrogens is 4. The van der Waals surface area contributed by atoms with Gasteiger partial charge in [-0.15, -0.1) is 0 Å². The minimum Gasteiger partial charge on any atom is -0.471 e. The number of aryl methyl sites for hydroxylation is 2. The van der Waals surface area contributed by atoms with Crippen LogP contribution in [-0.2, 0) is 13.0 Å². The molecule has 5 rings (SSSR count). The second-order valence-electron chi connectivity index (χ2n) is 7.99. The Kier molecular flexibility index (Phi) is 4.49. The van der Waals surface area contributed by atoms with Crippen LogP contribution in [0, 0.1) is 13.8 Å². The highest BCUT2D eigenvalue weighted by Crippen LogP contribution is 2.37. The second kappa shape index (κ2) is 7.05. The Hall–Kier alpha value is -2.55. The normalized spacial score (nSPS) is 26.6. The molecular weight excluding hydrogens is 370 g/mol. The first-order valence-corrected chi connectivity index (χ1v) is 10.0. The van der Waals surface area contributed by atoms with Crippen LogP contribution in [0.1, 0.15) is 35.0 Å². The number of nitrogens with one attached hydrogen (secondary N) is 1. The zero-order chi connectivity index (χ0) is 20.1. The summed E-state index contributed by atoms with van der Waals surface area (Å²) >= 11 is 0. The largest absolute Gasteiger partial charge is 0.471 e. The molecule has 3 N–H and O–H groups in total. The van der Waals surface area contributed by atoms with Gasteiger partial charge < -0.3 is 24.8 Å². The molecule has 152 valence electrons. The Morgan fingerprint density at radius 2 is 2.07 bits per heavy atom. The zero-order valence-corrected chi connectivity index (χ0v) is 16.5. The molecule has 3 aromatic heterocycles. The number of aliphatic hydroxyl groups is 2. The standard InChI is InChI=1S/C21H25N5O3/c1-11-7-13-3-5-22-9-15(13)21(25-11)29-17-8-16(18(27)19(17)28)26-6-4-14-12(2)23-10-24-20(14)26/h4,6-7,10,16-19,22,27-28H,3,5,8-9H2,1-2H3. The molecular formula is C21H25N5O3. The molecule has 0 aromatic carbocycles. The molecule has 4 atom stereocenters. The smallest absolute Gasteiger partial charge is 0.218 e. The first-order valence-electron chi connectivity index (χ1n) is 10.0. The van der Waals surface area contributed by atoms with Crippen molar-refractivity contribution in [3.8, 4) is 5.88 Å². The molecule has 4 heterocycles. The van der Waals surface area contributed by atoms with E-state index in [2.05, 4.69) is 26.3 Å². The Balaban J connectivity index is 1.45. The minimum atomic E-state index is -1.00. The van der Waals surface area contributed by atoms with Crippen molar-refractivity contribution in [2.24, 2.45) is 0 Å². The van der Waals surface area contributed by atoms with Crippen molar-refractivity contribution >= 4 is 11.0 Å². The van der Waals surface area contributed by atoms with E-state index in [4.69, 9.17) is 4.74 Å². The fraction of sp³-hybridized carbons (Fsp3) is 0.476. The van der Waals surface area contributed by atoms with E-state index in [-0.39, 0.29) is 6.04 Å². The first-order chi connectivity index (χ1) is 14.0. The highest BCUT2D eigenvalue weighted by molar-refractivity contribution is 5.78.